The molecule has 0 radical (unpaired) electrons. The van der Waals surface area contributed by atoms with E-state index in [9.17, 15) is 4.79 Å². The highest BCUT2D eigenvalue weighted by molar-refractivity contribution is 5.95. The Morgan fingerprint density at radius 3 is 2.59 bits per heavy atom. The number of fused-ring (bicyclic) bond motifs is 1. The van der Waals surface area contributed by atoms with Crippen LogP contribution in [-0.4, -0.2) is 6.61 Å². The van der Waals surface area contributed by atoms with Gasteiger partial charge < -0.3 is 9.15 Å². The Hall–Kier alpha value is -2.55. The molecule has 0 unspecified atom stereocenters. The van der Waals surface area contributed by atoms with Gasteiger partial charge in [0, 0.05) is 17.0 Å². The smallest absolute Gasteiger partial charge is 0.336 e. The molecule has 0 aliphatic rings. The third-order valence-electron chi connectivity index (χ3n) is 3.66. The average molecular weight is 294 g/mol. The van der Waals surface area contributed by atoms with Gasteiger partial charge in [0.2, 0.25) is 0 Å². The Morgan fingerprint density at radius 2 is 1.86 bits per heavy atom. The number of aryl methyl sites for hydroxylation is 1. The maximum atomic E-state index is 11.9. The lowest BCUT2D eigenvalue weighted by Crippen LogP contribution is -2.02. The highest BCUT2D eigenvalue weighted by Crippen LogP contribution is 2.32. The number of hydrogen-bond acceptors (Lipinski definition) is 3. The quantitative estimate of drug-likeness (QED) is 0.662. The lowest BCUT2D eigenvalue weighted by atomic mass is 10.0. The van der Waals surface area contributed by atoms with Gasteiger partial charge in [-0.15, -0.1) is 0 Å². The van der Waals surface area contributed by atoms with Crippen LogP contribution in [0.3, 0.4) is 0 Å². The molecule has 0 N–H and O–H groups in total. The predicted molar refractivity (Wildman–Crippen MR) is 88.4 cm³/mol. The van der Waals surface area contributed by atoms with E-state index in [1.165, 1.54) is 0 Å². The Bertz CT molecular complexity index is 848. The molecule has 3 heteroatoms. The van der Waals surface area contributed by atoms with Crippen LogP contribution in [0.5, 0.6) is 5.75 Å². The minimum atomic E-state index is -0.345. The van der Waals surface area contributed by atoms with Gasteiger partial charge >= 0.3 is 5.63 Å². The summed E-state index contributed by atoms with van der Waals surface area (Å²) in [6.45, 7) is 4.63. The molecule has 22 heavy (non-hydrogen) atoms. The molecular formula is C19H18O3. The molecular weight excluding hydrogens is 276 g/mol. The molecule has 0 bridgehead atoms. The zero-order valence-corrected chi connectivity index (χ0v) is 12.8. The number of benzene rings is 2. The van der Waals surface area contributed by atoms with Crippen molar-refractivity contribution in [2.75, 3.05) is 6.61 Å². The summed E-state index contributed by atoms with van der Waals surface area (Å²) in [4.78, 5) is 11.9. The van der Waals surface area contributed by atoms with Gasteiger partial charge in [0.25, 0.3) is 0 Å². The van der Waals surface area contributed by atoms with Crippen LogP contribution in [0, 0.1) is 6.92 Å². The van der Waals surface area contributed by atoms with Crippen molar-refractivity contribution in [2.45, 2.75) is 20.3 Å². The first-order chi connectivity index (χ1) is 10.7. The molecule has 0 saturated heterocycles. The summed E-state index contributed by atoms with van der Waals surface area (Å²) in [7, 11) is 0. The van der Waals surface area contributed by atoms with E-state index in [0.29, 0.717) is 12.2 Å². The summed E-state index contributed by atoms with van der Waals surface area (Å²) in [5.41, 5.74) is 3.00. The lowest BCUT2D eigenvalue weighted by molar-refractivity contribution is 0.315. The topological polar surface area (TPSA) is 39.4 Å². The Balaban J connectivity index is 2.23. The fraction of sp³-hybridized carbons (Fsp3) is 0.211. The SMILES string of the molecule is CCCOc1ccc2c(-c3ccccc3)cc(=O)oc2c1C. The number of hydrogen-bond donors (Lipinski definition) is 0. The first-order valence-corrected chi connectivity index (χ1v) is 7.46. The van der Waals surface area contributed by atoms with Crippen molar-refractivity contribution in [3.8, 4) is 16.9 Å². The second kappa shape index (κ2) is 6.06. The van der Waals surface area contributed by atoms with Crippen LogP contribution in [0.25, 0.3) is 22.1 Å². The molecule has 1 heterocycles. The first kappa shape index (κ1) is 14.4. The zero-order valence-electron chi connectivity index (χ0n) is 12.8. The summed E-state index contributed by atoms with van der Waals surface area (Å²) in [5.74, 6) is 0.766. The minimum Gasteiger partial charge on any atom is -0.493 e. The summed E-state index contributed by atoms with van der Waals surface area (Å²) >= 11 is 0. The molecule has 112 valence electrons. The van der Waals surface area contributed by atoms with Crippen LogP contribution in [-0.2, 0) is 0 Å². The molecule has 3 nitrogen and oxygen atoms in total. The van der Waals surface area contributed by atoms with Crippen molar-refractivity contribution in [2.24, 2.45) is 0 Å². The van der Waals surface area contributed by atoms with E-state index in [1.807, 2.05) is 49.4 Å². The van der Waals surface area contributed by atoms with Gasteiger partial charge in [-0.2, -0.15) is 0 Å². The fourth-order valence-corrected chi connectivity index (χ4v) is 2.57. The molecule has 0 aliphatic carbocycles. The Morgan fingerprint density at radius 1 is 1.09 bits per heavy atom. The minimum absolute atomic E-state index is 0.345. The third-order valence-corrected chi connectivity index (χ3v) is 3.66. The van der Waals surface area contributed by atoms with Gasteiger partial charge in [0.1, 0.15) is 11.3 Å². The van der Waals surface area contributed by atoms with Crippen LogP contribution >= 0.6 is 0 Å². The molecule has 0 spiro atoms. The van der Waals surface area contributed by atoms with Crippen molar-refractivity contribution in [1.29, 1.82) is 0 Å². The average Bonchev–Trinajstić information content (AvgIpc) is 2.55. The molecule has 0 atom stereocenters. The van der Waals surface area contributed by atoms with E-state index in [4.69, 9.17) is 9.15 Å². The molecule has 0 aliphatic heterocycles. The zero-order chi connectivity index (χ0) is 15.5. The van der Waals surface area contributed by atoms with Crippen LogP contribution in [0.2, 0.25) is 0 Å². The van der Waals surface area contributed by atoms with Gasteiger partial charge in [-0.1, -0.05) is 37.3 Å². The molecule has 0 fully saturated rings. The van der Waals surface area contributed by atoms with Crippen LogP contribution in [0.15, 0.2) is 57.7 Å². The van der Waals surface area contributed by atoms with Crippen LogP contribution in [0.1, 0.15) is 18.9 Å². The summed E-state index contributed by atoms with van der Waals surface area (Å²) < 4.78 is 11.2. The van der Waals surface area contributed by atoms with Gasteiger partial charge in [-0.3, -0.25) is 0 Å². The largest absolute Gasteiger partial charge is 0.493 e. The predicted octanol–water partition coefficient (Wildman–Crippen LogP) is 4.56. The van der Waals surface area contributed by atoms with E-state index in [-0.39, 0.29) is 5.63 Å². The summed E-state index contributed by atoms with van der Waals surface area (Å²) in [5, 5.41) is 0.923. The lowest BCUT2D eigenvalue weighted by Gasteiger charge is -2.12. The number of ether oxygens (including phenoxy) is 1. The van der Waals surface area contributed by atoms with Gasteiger partial charge in [-0.25, -0.2) is 4.79 Å². The molecule has 3 aromatic rings. The maximum Gasteiger partial charge on any atom is 0.336 e. The van der Waals surface area contributed by atoms with Crippen molar-refractivity contribution < 1.29 is 9.15 Å². The van der Waals surface area contributed by atoms with Crippen molar-refractivity contribution in [3.05, 3.63) is 64.5 Å². The summed E-state index contributed by atoms with van der Waals surface area (Å²) in [6, 6.07) is 15.3. The van der Waals surface area contributed by atoms with Crippen molar-refractivity contribution >= 4 is 11.0 Å². The standard InChI is InChI=1S/C19H18O3/c1-3-11-21-17-10-9-15-16(14-7-5-4-6-8-14)12-18(20)22-19(15)13(17)2/h4-10,12H,3,11H2,1-2H3. The van der Waals surface area contributed by atoms with E-state index < -0.39 is 0 Å². The molecule has 0 saturated carbocycles. The third kappa shape index (κ3) is 2.62. The fourth-order valence-electron chi connectivity index (χ4n) is 2.57. The summed E-state index contributed by atoms with van der Waals surface area (Å²) in [6.07, 6.45) is 0.936. The van der Waals surface area contributed by atoms with Gasteiger partial charge in [0.15, 0.2) is 0 Å². The molecule has 1 aromatic heterocycles. The molecule has 0 amide bonds. The molecule has 2 aromatic carbocycles. The van der Waals surface area contributed by atoms with Crippen LogP contribution in [0.4, 0.5) is 0 Å². The van der Waals surface area contributed by atoms with Crippen LogP contribution < -0.4 is 10.4 Å². The monoisotopic (exact) mass is 294 g/mol. The first-order valence-electron chi connectivity index (χ1n) is 7.46. The Labute approximate surface area is 129 Å². The highest BCUT2D eigenvalue weighted by atomic mass is 16.5. The second-order valence-corrected chi connectivity index (χ2v) is 5.26. The second-order valence-electron chi connectivity index (χ2n) is 5.26. The molecule has 3 rings (SSSR count). The Kier molecular flexibility index (Phi) is 3.96. The maximum absolute atomic E-state index is 11.9. The normalized spacial score (nSPS) is 10.8. The van der Waals surface area contributed by atoms with Crippen molar-refractivity contribution in [1.82, 2.24) is 0 Å². The van der Waals surface area contributed by atoms with Gasteiger partial charge in [0.05, 0.1) is 6.61 Å². The van der Waals surface area contributed by atoms with E-state index in [1.54, 1.807) is 6.07 Å². The van der Waals surface area contributed by atoms with E-state index in [0.717, 1.165) is 34.2 Å². The van der Waals surface area contributed by atoms with Gasteiger partial charge in [-0.05, 0) is 36.6 Å². The van der Waals surface area contributed by atoms with E-state index in [2.05, 4.69) is 6.92 Å². The van der Waals surface area contributed by atoms with E-state index >= 15 is 0 Å². The highest BCUT2D eigenvalue weighted by Gasteiger charge is 2.12. The van der Waals surface area contributed by atoms with Crippen molar-refractivity contribution in [3.63, 3.8) is 0 Å². The number of rotatable bonds is 4.